The molecule has 2 atom stereocenters. The Balaban J connectivity index is 2.18. The molecule has 0 saturated carbocycles. The molecule has 0 aromatic carbocycles. The van der Waals surface area contributed by atoms with Gasteiger partial charge in [0.15, 0.2) is 6.23 Å². The Morgan fingerprint density at radius 2 is 2.60 bits per heavy atom. The van der Waals surface area contributed by atoms with Crippen molar-refractivity contribution in [2.45, 2.75) is 12.3 Å². The number of aliphatic hydroxyl groups excluding tert-OH is 1. The second-order valence-electron chi connectivity index (χ2n) is 2.30. The van der Waals surface area contributed by atoms with Crippen LogP contribution in [0.3, 0.4) is 0 Å². The summed E-state index contributed by atoms with van der Waals surface area (Å²) in [5.74, 6) is -0.179. The maximum absolute atomic E-state index is 10.9. The number of fused-ring (bicyclic) bond motifs is 1. The van der Waals surface area contributed by atoms with Gasteiger partial charge in [-0.2, -0.15) is 0 Å². The molecule has 0 aromatic heterocycles. The molecule has 2 aliphatic rings. The average Bonchev–Trinajstić information content (AvgIpc) is 2.66. The summed E-state index contributed by atoms with van der Waals surface area (Å²) in [6, 6.07) is 0. The highest BCUT2D eigenvalue weighted by molar-refractivity contribution is 5.89. The fourth-order valence-corrected chi connectivity index (χ4v) is 1.06. The first-order chi connectivity index (χ1) is 4.83. The van der Waals surface area contributed by atoms with Crippen LogP contribution in [0.25, 0.3) is 0 Å². The number of ether oxygens (including phenoxy) is 1. The van der Waals surface area contributed by atoms with Crippen molar-refractivity contribution in [3.05, 3.63) is 12.2 Å². The Labute approximate surface area is 57.7 Å². The van der Waals surface area contributed by atoms with E-state index in [0.717, 1.165) is 0 Å². The van der Waals surface area contributed by atoms with Gasteiger partial charge in [-0.3, -0.25) is 9.69 Å². The molecule has 4 heteroatoms. The number of epoxide rings is 1. The van der Waals surface area contributed by atoms with Crippen LogP contribution in [0.1, 0.15) is 0 Å². The highest BCUT2D eigenvalue weighted by Crippen LogP contribution is 2.30. The Hall–Kier alpha value is -0.870. The molecular weight excluding hydrogens is 134 g/mol. The van der Waals surface area contributed by atoms with Crippen molar-refractivity contribution < 1.29 is 14.6 Å². The minimum atomic E-state index is -0.260. The maximum atomic E-state index is 10.9. The second kappa shape index (κ2) is 1.81. The predicted octanol–water partition coefficient (Wildman–Crippen LogP) is -0.941. The van der Waals surface area contributed by atoms with Crippen molar-refractivity contribution in [3.8, 4) is 0 Å². The van der Waals surface area contributed by atoms with Crippen molar-refractivity contribution in [1.29, 1.82) is 0 Å². The smallest absolute Gasteiger partial charge is 0.250 e. The van der Waals surface area contributed by atoms with Crippen LogP contribution in [0.2, 0.25) is 0 Å². The monoisotopic (exact) mass is 141 g/mol. The summed E-state index contributed by atoms with van der Waals surface area (Å²) in [5, 5.41) is 8.65. The van der Waals surface area contributed by atoms with Crippen LogP contribution in [0.4, 0.5) is 0 Å². The third-order valence-electron chi connectivity index (χ3n) is 1.67. The van der Waals surface area contributed by atoms with E-state index in [1.807, 2.05) is 0 Å². The zero-order valence-electron chi connectivity index (χ0n) is 5.23. The number of hydrogen-bond acceptors (Lipinski definition) is 3. The Morgan fingerprint density at radius 3 is 3.20 bits per heavy atom. The minimum absolute atomic E-state index is 0.0323. The second-order valence-corrected chi connectivity index (χ2v) is 2.30. The molecule has 0 aliphatic carbocycles. The van der Waals surface area contributed by atoms with Crippen molar-refractivity contribution in [2.75, 3.05) is 6.73 Å². The summed E-state index contributed by atoms with van der Waals surface area (Å²) in [6.45, 7) is -0.260. The Kier molecular flexibility index (Phi) is 1.06. The largest absolute Gasteiger partial charge is 0.376 e. The first kappa shape index (κ1) is 5.88. The van der Waals surface area contributed by atoms with E-state index in [2.05, 4.69) is 0 Å². The van der Waals surface area contributed by atoms with Gasteiger partial charge in [0.25, 0.3) is 0 Å². The van der Waals surface area contributed by atoms with Gasteiger partial charge >= 0.3 is 0 Å². The van der Waals surface area contributed by atoms with Crippen LogP contribution in [-0.2, 0) is 9.53 Å². The van der Waals surface area contributed by atoms with Gasteiger partial charge in [0.1, 0.15) is 12.8 Å². The topological polar surface area (TPSA) is 53.1 Å². The molecule has 1 unspecified atom stereocenters. The molecule has 1 saturated heterocycles. The Bertz CT molecular complexity index is 201. The van der Waals surface area contributed by atoms with E-state index in [1.54, 1.807) is 6.08 Å². The Morgan fingerprint density at radius 1 is 1.80 bits per heavy atom. The average molecular weight is 141 g/mol. The lowest BCUT2D eigenvalue weighted by Crippen LogP contribution is -2.36. The lowest BCUT2D eigenvalue weighted by molar-refractivity contribution is -0.132. The molecule has 2 rings (SSSR count). The highest BCUT2D eigenvalue weighted by atomic mass is 16.6. The van der Waals surface area contributed by atoms with Crippen molar-refractivity contribution in [1.82, 2.24) is 4.90 Å². The molecule has 0 bridgehead atoms. The van der Waals surface area contributed by atoms with Gasteiger partial charge in [-0.25, -0.2) is 0 Å². The van der Waals surface area contributed by atoms with E-state index in [-0.39, 0.29) is 25.0 Å². The van der Waals surface area contributed by atoms with E-state index in [9.17, 15) is 4.79 Å². The van der Waals surface area contributed by atoms with E-state index >= 15 is 0 Å². The number of rotatable bonds is 1. The molecule has 0 aromatic rings. The van der Waals surface area contributed by atoms with E-state index in [0.29, 0.717) is 0 Å². The normalized spacial score (nSPS) is 36.1. The molecular formula is C6H7NO3. The summed E-state index contributed by atoms with van der Waals surface area (Å²) >= 11 is 0. The molecule has 10 heavy (non-hydrogen) atoms. The molecule has 54 valence electrons. The van der Waals surface area contributed by atoms with Crippen LogP contribution < -0.4 is 0 Å². The first-order valence-corrected chi connectivity index (χ1v) is 3.08. The minimum Gasteiger partial charge on any atom is -0.376 e. The zero-order valence-corrected chi connectivity index (χ0v) is 5.23. The quantitative estimate of drug-likeness (QED) is 0.479. The van der Waals surface area contributed by atoms with Crippen LogP contribution in [0.15, 0.2) is 12.2 Å². The molecule has 2 heterocycles. The fraction of sp³-hybridized carbons (Fsp3) is 0.500. The van der Waals surface area contributed by atoms with Crippen molar-refractivity contribution >= 4 is 5.91 Å². The molecule has 4 nitrogen and oxygen atoms in total. The number of carbonyl (C=O) groups excluding carboxylic acids is 1. The van der Waals surface area contributed by atoms with Gasteiger partial charge < -0.3 is 9.84 Å². The van der Waals surface area contributed by atoms with Crippen LogP contribution >= 0.6 is 0 Å². The van der Waals surface area contributed by atoms with Crippen LogP contribution in [-0.4, -0.2) is 35.0 Å². The van der Waals surface area contributed by atoms with Crippen molar-refractivity contribution in [2.24, 2.45) is 0 Å². The molecule has 0 spiro atoms. The summed E-state index contributed by atoms with van der Waals surface area (Å²) in [7, 11) is 0. The first-order valence-electron chi connectivity index (χ1n) is 3.08. The molecule has 1 N–H and O–H groups in total. The van der Waals surface area contributed by atoms with Crippen molar-refractivity contribution in [3.63, 3.8) is 0 Å². The fourth-order valence-electron chi connectivity index (χ4n) is 1.06. The zero-order chi connectivity index (χ0) is 7.14. The van der Waals surface area contributed by atoms with Crippen LogP contribution in [0.5, 0.6) is 0 Å². The number of amides is 1. The van der Waals surface area contributed by atoms with Gasteiger partial charge in [-0.1, -0.05) is 0 Å². The molecule has 0 radical (unpaired) electrons. The van der Waals surface area contributed by atoms with E-state index in [4.69, 9.17) is 9.84 Å². The van der Waals surface area contributed by atoms with E-state index in [1.165, 1.54) is 11.0 Å². The predicted molar refractivity (Wildman–Crippen MR) is 31.7 cm³/mol. The van der Waals surface area contributed by atoms with Gasteiger partial charge in [-0.15, -0.1) is 0 Å². The molecule has 2 aliphatic heterocycles. The van der Waals surface area contributed by atoms with Gasteiger partial charge in [-0.05, 0) is 6.08 Å². The highest BCUT2D eigenvalue weighted by Gasteiger charge is 2.46. The third-order valence-corrected chi connectivity index (χ3v) is 1.67. The number of nitrogens with zero attached hydrogens (tertiary/aromatic N) is 1. The lowest BCUT2D eigenvalue weighted by Gasteiger charge is -2.16. The van der Waals surface area contributed by atoms with Crippen LogP contribution in [0, 0.1) is 0 Å². The number of hydrogen-bond donors (Lipinski definition) is 1. The van der Waals surface area contributed by atoms with Gasteiger partial charge in [0, 0.05) is 6.08 Å². The van der Waals surface area contributed by atoms with E-state index < -0.39 is 0 Å². The summed E-state index contributed by atoms with van der Waals surface area (Å²) in [4.78, 5) is 12.1. The summed E-state index contributed by atoms with van der Waals surface area (Å²) in [5.41, 5.74) is 0. The lowest BCUT2D eigenvalue weighted by atomic mass is 10.2. The van der Waals surface area contributed by atoms with Gasteiger partial charge in [0.2, 0.25) is 5.91 Å². The number of carbonyl (C=O) groups is 1. The number of aliphatic hydroxyl groups is 1. The molecule has 1 fully saturated rings. The maximum Gasteiger partial charge on any atom is 0.250 e. The van der Waals surface area contributed by atoms with Gasteiger partial charge in [0.05, 0.1) is 0 Å². The summed E-state index contributed by atoms with van der Waals surface area (Å²) < 4.78 is 5.01. The molecule has 1 amide bonds. The standard InChI is InChI=1S/C6H7NO3/c8-3-7-5(9)2-1-4-6(7)10-4/h1-2,4,6,8H,3H2/t4?,6-/m1/s1. The summed E-state index contributed by atoms with van der Waals surface area (Å²) in [6.07, 6.45) is 2.97. The third kappa shape index (κ3) is 0.661. The SMILES string of the molecule is O=C1C=CC2O[C@H]2N1CO.